The maximum atomic E-state index is 10.6. The molecule has 0 radical (unpaired) electrons. The van der Waals surface area contributed by atoms with Gasteiger partial charge in [-0.3, -0.25) is 0 Å². The fraction of sp³-hybridized carbons (Fsp3) is 0.300. The summed E-state index contributed by atoms with van der Waals surface area (Å²) in [5.41, 5.74) is 7.21. The van der Waals surface area contributed by atoms with E-state index in [2.05, 4.69) is 0 Å². The Balaban J connectivity index is 0.000000443. The third-order valence-electron chi connectivity index (χ3n) is 4.35. The van der Waals surface area contributed by atoms with Crippen molar-refractivity contribution in [3.8, 4) is 0 Å². The zero-order valence-electron chi connectivity index (χ0n) is 15.7. The quantitative estimate of drug-likeness (QED) is 0.668. The van der Waals surface area contributed by atoms with E-state index in [4.69, 9.17) is 10.2 Å². The van der Waals surface area contributed by atoms with Crippen LogP contribution in [0.3, 0.4) is 0 Å². The van der Waals surface area contributed by atoms with E-state index in [0.717, 1.165) is 22.3 Å². The molecule has 5 heteroatoms. The van der Waals surface area contributed by atoms with Crippen molar-refractivity contribution in [3.05, 3.63) is 68.8 Å². The maximum absolute atomic E-state index is 10.6. The predicted molar refractivity (Wildman–Crippen MR) is 95.2 cm³/mol. The van der Waals surface area contributed by atoms with Crippen LogP contribution >= 0.6 is 0 Å². The maximum Gasteiger partial charge on any atom is 0.335 e. The van der Waals surface area contributed by atoms with Gasteiger partial charge in [0.05, 0.1) is 11.1 Å². The summed E-state index contributed by atoms with van der Waals surface area (Å²) in [6.07, 6.45) is 0. The van der Waals surface area contributed by atoms with Gasteiger partial charge in [-0.1, -0.05) is 0 Å². The molecule has 2 rings (SSSR count). The number of hydrogen-bond acceptors (Lipinski definition) is 2. The van der Waals surface area contributed by atoms with Gasteiger partial charge in [-0.25, -0.2) is 9.59 Å². The molecule has 0 spiro atoms. The van der Waals surface area contributed by atoms with E-state index in [1.54, 1.807) is 24.3 Å². The van der Waals surface area contributed by atoms with E-state index in [1.165, 1.54) is 11.1 Å². The summed E-state index contributed by atoms with van der Waals surface area (Å²) >= 11 is 0. The van der Waals surface area contributed by atoms with Crippen molar-refractivity contribution in [2.75, 3.05) is 0 Å². The predicted octanol–water partition coefficient (Wildman–Crippen LogP) is 4.62. The van der Waals surface area contributed by atoms with Crippen molar-refractivity contribution in [2.45, 2.75) is 41.5 Å². The Labute approximate surface area is 169 Å². The van der Waals surface area contributed by atoms with Crippen molar-refractivity contribution in [2.24, 2.45) is 0 Å². The molecule has 0 fully saturated rings. The molecule has 4 nitrogen and oxygen atoms in total. The van der Waals surface area contributed by atoms with Crippen molar-refractivity contribution in [1.82, 2.24) is 0 Å². The number of carbonyl (C=O) groups is 2. The first-order chi connectivity index (χ1) is 11.0. The SMILES string of the molecule is Cc1cc(C(=O)O)cc(C)c1C.Cc1cc(C(=O)O)cc(C)c1C.[Cd]. The van der Waals surface area contributed by atoms with Crippen LogP contribution in [0.5, 0.6) is 0 Å². The first-order valence-electron chi connectivity index (χ1n) is 7.66. The van der Waals surface area contributed by atoms with E-state index in [9.17, 15) is 9.59 Å². The van der Waals surface area contributed by atoms with Gasteiger partial charge >= 0.3 is 11.9 Å². The van der Waals surface area contributed by atoms with Gasteiger partial charge in [-0.15, -0.1) is 0 Å². The number of benzene rings is 2. The first kappa shape index (κ1) is 23.3. The molecular formula is C20H24CdO4. The Morgan fingerprint density at radius 1 is 0.600 bits per heavy atom. The van der Waals surface area contributed by atoms with E-state index in [1.807, 2.05) is 41.5 Å². The molecule has 0 heterocycles. The van der Waals surface area contributed by atoms with Gasteiger partial charge in [-0.05, 0) is 99.2 Å². The van der Waals surface area contributed by atoms with Crippen molar-refractivity contribution in [1.29, 1.82) is 0 Å². The first-order valence-corrected chi connectivity index (χ1v) is 7.66. The second kappa shape index (κ2) is 9.70. The summed E-state index contributed by atoms with van der Waals surface area (Å²) in [4.78, 5) is 21.2. The van der Waals surface area contributed by atoms with Crippen molar-refractivity contribution >= 4 is 11.9 Å². The topological polar surface area (TPSA) is 74.6 Å². The van der Waals surface area contributed by atoms with Crippen LogP contribution in [-0.2, 0) is 27.3 Å². The molecule has 2 aromatic carbocycles. The molecule has 2 N–H and O–H groups in total. The van der Waals surface area contributed by atoms with Gasteiger partial charge in [0.15, 0.2) is 0 Å². The molecule has 0 saturated carbocycles. The van der Waals surface area contributed by atoms with Crippen molar-refractivity contribution < 1.29 is 47.1 Å². The minimum atomic E-state index is -0.860. The van der Waals surface area contributed by atoms with Crippen LogP contribution in [0.15, 0.2) is 24.3 Å². The van der Waals surface area contributed by atoms with Gasteiger partial charge in [0.2, 0.25) is 0 Å². The number of carboxylic acids is 2. The fourth-order valence-corrected chi connectivity index (χ4v) is 2.32. The number of rotatable bonds is 2. The third kappa shape index (κ3) is 6.27. The smallest absolute Gasteiger partial charge is 0.335 e. The van der Waals surface area contributed by atoms with E-state index in [-0.39, 0.29) is 27.3 Å². The van der Waals surface area contributed by atoms with Crippen LogP contribution in [0, 0.1) is 41.5 Å². The van der Waals surface area contributed by atoms with E-state index < -0.39 is 11.9 Å². The molecule has 2 aromatic rings. The summed E-state index contributed by atoms with van der Waals surface area (Å²) in [6, 6.07) is 6.80. The van der Waals surface area contributed by atoms with Gasteiger partial charge in [0, 0.05) is 27.3 Å². The van der Waals surface area contributed by atoms with Crippen LogP contribution < -0.4 is 0 Å². The minimum absolute atomic E-state index is 0. The molecular weight excluding hydrogens is 417 g/mol. The van der Waals surface area contributed by atoms with Gasteiger partial charge < -0.3 is 10.2 Å². The number of aromatic carboxylic acids is 2. The van der Waals surface area contributed by atoms with E-state index in [0.29, 0.717) is 11.1 Å². The molecule has 0 atom stereocenters. The number of hydrogen-bond donors (Lipinski definition) is 2. The summed E-state index contributed by atoms with van der Waals surface area (Å²) in [7, 11) is 0. The average Bonchev–Trinajstić information content (AvgIpc) is 2.49. The Hall–Kier alpha value is -1.70. The molecule has 130 valence electrons. The van der Waals surface area contributed by atoms with Gasteiger partial charge in [0.1, 0.15) is 0 Å². The molecule has 0 unspecified atom stereocenters. The molecule has 0 amide bonds. The summed E-state index contributed by atoms with van der Waals surface area (Å²) < 4.78 is 0. The third-order valence-corrected chi connectivity index (χ3v) is 4.35. The molecule has 0 aliphatic heterocycles. The molecule has 0 aromatic heterocycles. The normalized spacial score (nSPS) is 9.52. The van der Waals surface area contributed by atoms with Crippen LogP contribution in [0.1, 0.15) is 54.1 Å². The van der Waals surface area contributed by atoms with Crippen LogP contribution in [-0.4, -0.2) is 22.2 Å². The molecule has 0 aliphatic carbocycles. The zero-order valence-corrected chi connectivity index (χ0v) is 19.8. The number of aryl methyl sites for hydroxylation is 4. The molecule has 0 aliphatic rings. The van der Waals surface area contributed by atoms with Gasteiger partial charge in [0.25, 0.3) is 0 Å². The Kier molecular flexibility index (Phi) is 9.04. The van der Waals surface area contributed by atoms with Crippen LogP contribution in [0.4, 0.5) is 0 Å². The van der Waals surface area contributed by atoms with Crippen molar-refractivity contribution in [3.63, 3.8) is 0 Å². The average molecular weight is 441 g/mol. The molecule has 25 heavy (non-hydrogen) atoms. The monoisotopic (exact) mass is 442 g/mol. The second-order valence-corrected chi connectivity index (χ2v) is 6.08. The zero-order chi connectivity index (χ0) is 18.6. The Morgan fingerprint density at radius 2 is 0.800 bits per heavy atom. The van der Waals surface area contributed by atoms with Gasteiger partial charge in [-0.2, -0.15) is 0 Å². The number of carboxylic acid groups (broad SMARTS) is 2. The summed E-state index contributed by atoms with van der Waals surface area (Å²) in [5.74, 6) is -1.72. The largest absolute Gasteiger partial charge is 0.478 e. The minimum Gasteiger partial charge on any atom is -0.478 e. The molecule has 0 saturated heterocycles. The second-order valence-electron chi connectivity index (χ2n) is 6.08. The Bertz CT molecular complexity index is 681. The fourth-order valence-electron chi connectivity index (χ4n) is 2.32. The summed E-state index contributed by atoms with van der Waals surface area (Å²) in [5, 5.41) is 17.4. The Morgan fingerprint density at radius 3 is 0.960 bits per heavy atom. The molecule has 0 bridgehead atoms. The standard InChI is InChI=1S/2C10H12O2.Cd/c2*1-6-4-9(10(11)12)5-7(2)8(6)3;/h2*4-5H,1-3H3,(H,11,12);. The van der Waals surface area contributed by atoms with Crippen LogP contribution in [0.25, 0.3) is 0 Å². The van der Waals surface area contributed by atoms with Crippen LogP contribution in [0.2, 0.25) is 0 Å². The summed E-state index contributed by atoms with van der Waals surface area (Å²) in [6.45, 7) is 11.7. The van der Waals surface area contributed by atoms with E-state index >= 15 is 0 Å².